The molecule has 0 saturated heterocycles. The Morgan fingerprint density at radius 1 is 1.18 bits per heavy atom. The van der Waals surface area contributed by atoms with Crippen LogP contribution in [0.15, 0.2) is 0 Å². The monoisotopic (exact) mass is 306 g/mol. The van der Waals surface area contributed by atoms with Crippen molar-refractivity contribution in [3.05, 3.63) is 0 Å². The summed E-state index contributed by atoms with van der Waals surface area (Å²) in [5.41, 5.74) is 0. The first kappa shape index (κ1) is 17.5. The largest absolute Gasteiger partial charge is 0.392 e. The van der Waals surface area contributed by atoms with Gasteiger partial charge in [0.15, 0.2) is 0 Å². The van der Waals surface area contributed by atoms with Gasteiger partial charge in [-0.25, -0.2) is 0 Å². The third-order valence-electron chi connectivity index (χ3n) is 5.24. The first-order chi connectivity index (χ1) is 10.6. The van der Waals surface area contributed by atoms with E-state index in [4.69, 9.17) is 0 Å². The van der Waals surface area contributed by atoms with Crippen LogP contribution in [-0.2, 0) is 4.79 Å². The second-order valence-electron chi connectivity index (χ2n) is 6.98. The highest BCUT2D eigenvalue weighted by atomic mass is 16.3. The standard InChI is InChI=1S/C19H30O3/c1-2-3-4-5-6-7-8-9-14(20)10-11-15-16-12-19(22)17(16)13-18(15)21/h14-18,20-21H,2-9,12-13H2,1H3. The Hall–Kier alpha value is -0.850. The van der Waals surface area contributed by atoms with Gasteiger partial charge in [0.05, 0.1) is 12.0 Å². The number of hydrogen-bond donors (Lipinski definition) is 2. The molecule has 0 radical (unpaired) electrons. The predicted molar refractivity (Wildman–Crippen MR) is 87.1 cm³/mol. The molecule has 2 N–H and O–H groups in total. The molecule has 5 unspecified atom stereocenters. The van der Waals surface area contributed by atoms with Crippen LogP contribution in [-0.4, -0.2) is 28.2 Å². The molecule has 0 spiro atoms. The Morgan fingerprint density at radius 3 is 2.50 bits per heavy atom. The van der Waals surface area contributed by atoms with Gasteiger partial charge in [0.1, 0.15) is 11.9 Å². The van der Waals surface area contributed by atoms with Crippen molar-refractivity contribution in [2.75, 3.05) is 0 Å². The van der Waals surface area contributed by atoms with Crippen LogP contribution in [0.25, 0.3) is 0 Å². The number of aliphatic hydroxyl groups is 2. The Kier molecular flexibility index (Phi) is 6.92. The molecule has 0 aromatic rings. The summed E-state index contributed by atoms with van der Waals surface area (Å²) in [6, 6.07) is 0. The van der Waals surface area contributed by atoms with E-state index in [2.05, 4.69) is 18.8 Å². The van der Waals surface area contributed by atoms with Crippen molar-refractivity contribution in [1.29, 1.82) is 0 Å². The van der Waals surface area contributed by atoms with Gasteiger partial charge >= 0.3 is 0 Å². The van der Waals surface area contributed by atoms with Crippen LogP contribution in [0.2, 0.25) is 0 Å². The van der Waals surface area contributed by atoms with Crippen molar-refractivity contribution >= 4 is 5.78 Å². The summed E-state index contributed by atoms with van der Waals surface area (Å²) < 4.78 is 0. The predicted octanol–water partition coefficient (Wildman–Crippen LogP) is 3.08. The third-order valence-corrected chi connectivity index (χ3v) is 5.24. The number of carbonyl (C=O) groups excluding carboxylic acids is 1. The highest BCUT2D eigenvalue weighted by Gasteiger charge is 2.52. The second kappa shape index (κ2) is 8.70. The second-order valence-corrected chi connectivity index (χ2v) is 6.98. The summed E-state index contributed by atoms with van der Waals surface area (Å²) in [6.07, 6.45) is 9.40. The molecule has 124 valence electrons. The molecule has 0 amide bonds. The molecule has 3 nitrogen and oxygen atoms in total. The molecule has 0 aromatic carbocycles. The molecule has 2 aliphatic rings. The molecule has 0 aromatic heterocycles. The number of rotatable bonds is 8. The molecule has 0 heterocycles. The van der Waals surface area contributed by atoms with Crippen LogP contribution in [0.3, 0.4) is 0 Å². The molecular formula is C19H30O3. The summed E-state index contributed by atoms with van der Waals surface area (Å²) in [6.45, 7) is 2.22. The van der Waals surface area contributed by atoms with E-state index in [-0.39, 0.29) is 23.5 Å². The highest BCUT2D eigenvalue weighted by molar-refractivity contribution is 5.88. The first-order valence-corrected chi connectivity index (χ1v) is 9.03. The molecule has 0 bridgehead atoms. The fraction of sp³-hybridized carbons (Fsp3) is 0.842. The number of carbonyl (C=O) groups is 1. The van der Waals surface area contributed by atoms with Gasteiger partial charge in [-0.15, -0.1) is 0 Å². The number of ketones is 1. The van der Waals surface area contributed by atoms with E-state index in [9.17, 15) is 15.0 Å². The van der Waals surface area contributed by atoms with E-state index in [1.807, 2.05) is 0 Å². The number of aliphatic hydroxyl groups excluding tert-OH is 2. The topological polar surface area (TPSA) is 57.5 Å². The average molecular weight is 306 g/mol. The zero-order valence-corrected chi connectivity index (χ0v) is 13.8. The van der Waals surface area contributed by atoms with Gasteiger partial charge in [-0.2, -0.15) is 0 Å². The summed E-state index contributed by atoms with van der Waals surface area (Å²) in [5, 5.41) is 19.9. The van der Waals surface area contributed by atoms with Gasteiger partial charge in [0, 0.05) is 12.3 Å². The molecule has 22 heavy (non-hydrogen) atoms. The van der Waals surface area contributed by atoms with E-state index < -0.39 is 12.2 Å². The summed E-state index contributed by atoms with van der Waals surface area (Å²) in [7, 11) is 0. The van der Waals surface area contributed by atoms with Gasteiger partial charge in [0.25, 0.3) is 0 Å². The number of Topliss-reactive ketones (excluding diaryl/α,β-unsaturated/α-hetero) is 1. The molecule has 5 atom stereocenters. The van der Waals surface area contributed by atoms with Crippen molar-refractivity contribution in [3.63, 3.8) is 0 Å². The van der Waals surface area contributed by atoms with Gasteiger partial charge in [-0.3, -0.25) is 4.79 Å². The minimum Gasteiger partial charge on any atom is -0.392 e. The van der Waals surface area contributed by atoms with Gasteiger partial charge in [0.2, 0.25) is 0 Å². The minimum atomic E-state index is -0.585. The lowest BCUT2D eigenvalue weighted by molar-refractivity contribution is -0.133. The lowest BCUT2D eigenvalue weighted by atomic mass is 9.71. The van der Waals surface area contributed by atoms with Crippen LogP contribution in [0, 0.1) is 29.6 Å². The number of unbranched alkanes of at least 4 members (excludes halogenated alkanes) is 6. The van der Waals surface area contributed by atoms with Crippen LogP contribution in [0.1, 0.15) is 71.1 Å². The van der Waals surface area contributed by atoms with E-state index in [0.717, 1.165) is 19.3 Å². The quantitative estimate of drug-likeness (QED) is 0.535. The van der Waals surface area contributed by atoms with E-state index in [1.165, 1.54) is 32.1 Å². The van der Waals surface area contributed by atoms with Gasteiger partial charge in [-0.05, 0) is 25.2 Å². The molecule has 3 heteroatoms. The summed E-state index contributed by atoms with van der Waals surface area (Å²) in [4.78, 5) is 11.4. The fourth-order valence-electron chi connectivity index (χ4n) is 3.74. The van der Waals surface area contributed by atoms with E-state index in [0.29, 0.717) is 12.8 Å². The third kappa shape index (κ3) is 4.57. The Balaban J connectivity index is 1.61. The molecule has 2 rings (SSSR count). The highest BCUT2D eigenvalue weighted by Crippen LogP contribution is 2.47. The maximum absolute atomic E-state index is 11.4. The van der Waals surface area contributed by atoms with E-state index >= 15 is 0 Å². The summed E-state index contributed by atoms with van der Waals surface area (Å²) >= 11 is 0. The Bertz CT molecular complexity index is 420. The van der Waals surface area contributed by atoms with Gasteiger partial charge in [-0.1, -0.05) is 57.3 Å². The smallest absolute Gasteiger partial charge is 0.136 e. The van der Waals surface area contributed by atoms with Crippen molar-refractivity contribution in [3.8, 4) is 11.8 Å². The van der Waals surface area contributed by atoms with Crippen LogP contribution < -0.4 is 0 Å². The fourth-order valence-corrected chi connectivity index (χ4v) is 3.74. The van der Waals surface area contributed by atoms with Crippen LogP contribution in [0.5, 0.6) is 0 Å². The molecule has 2 fully saturated rings. The number of hydrogen-bond acceptors (Lipinski definition) is 3. The molecule has 2 aliphatic carbocycles. The van der Waals surface area contributed by atoms with Crippen molar-refractivity contribution in [1.82, 2.24) is 0 Å². The minimum absolute atomic E-state index is 0.0366. The van der Waals surface area contributed by atoms with Crippen molar-refractivity contribution in [2.24, 2.45) is 17.8 Å². The molecule has 0 aliphatic heterocycles. The Labute approximate surface area is 134 Å². The number of fused-ring (bicyclic) bond motifs is 1. The zero-order valence-electron chi connectivity index (χ0n) is 13.8. The van der Waals surface area contributed by atoms with E-state index in [1.54, 1.807) is 0 Å². The average Bonchev–Trinajstić information content (AvgIpc) is 2.75. The molecular weight excluding hydrogens is 276 g/mol. The Morgan fingerprint density at radius 2 is 1.86 bits per heavy atom. The first-order valence-electron chi connectivity index (χ1n) is 9.03. The zero-order chi connectivity index (χ0) is 15.9. The lowest BCUT2D eigenvalue weighted by Gasteiger charge is -2.30. The SMILES string of the molecule is CCCCCCCCCC(O)C#CC1C(O)CC2C(=O)CC21. The normalized spacial score (nSPS) is 31.1. The van der Waals surface area contributed by atoms with Crippen LogP contribution in [0.4, 0.5) is 0 Å². The lowest BCUT2D eigenvalue weighted by Crippen LogP contribution is -2.35. The molecule has 2 saturated carbocycles. The van der Waals surface area contributed by atoms with Crippen molar-refractivity contribution < 1.29 is 15.0 Å². The maximum atomic E-state index is 11.4. The van der Waals surface area contributed by atoms with Crippen molar-refractivity contribution in [2.45, 2.75) is 83.3 Å². The van der Waals surface area contributed by atoms with Crippen LogP contribution >= 0.6 is 0 Å². The summed E-state index contributed by atoms with van der Waals surface area (Å²) in [5.74, 6) is 6.39. The van der Waals surface area contributed by atoms with Gasteiger partial charge < -0.3 is 10.2 Å². The maximum Gasteiger partial charge on any atom is 0.136 e.